The van der Waals surface area contributed by atoms with Gasteiger partial charge < -0.3 is 14.8 Å². The number of aryl methyl sites for hydroxylation is 1. The number of fused-ring (bicyclic) bond motifs is 1. The van der Waals surface area contributed by atoms with Gasteiger partial charge in [0, 0.05) is 17.3 Å². The van der Waals surface area contributed by atoms with E-state index in [1.54, 1.807) is 56.2 Å². The normalized spacial score (nSPS) is 16.7. The molecule has 2 aromatic carbocycles. The van der Waals surface area contributed by atoms with Gasteiger partial charge in [-0.2, -0.15) is 5.10 Å². The van der Waals surface area contributed by atoms with Crippen LogP contribution in [0.15, 0.2) is 54.6 Å². The van der Waals surface area contributed by atoms with Crippen molar-refractivity contribution in [3.05, 3.63) is 65.9 Å². The lowest BCUT2D eigenvalue weighted by Gasteiger charge is -2.13. The first-order chi connectivity index (χ1) is 17.3. The molecule has 1 aliphatic rings. The van der Waals surface area contributed by atoms with Gasteiger partial charge in [-0.1, -0.05) is 18.2 Å². The van der Waals surface area contributed by atoms with Gasteiger partial charge in [-0.3, -0.25) is 4.79 Å². The van der Waals surface area contributed by atoms with E-state index >= 15 is 0 Å². The van der Waals surface area contributed by atoms with Crippen molar-refractivity contribution in [2.24, 2.45) is 0 Å². The number of carbonyl (C=O) groups excluding carboxylic acids is 1. The number of nitrogens with zero attached hydrogens (tertiary/aromatic N) is 3. The Bertz CT molecular complexity index is 1580. The van der Waals surface area contributed by atoms with E-state index in [9.17, 15) is 13.2 Å². The van der Waals surface area contributed by atoms with Crippen molar-refractivity contribution >= 4 is 32.5 Å². The number of methoxy groups -OCH3 is 2. The molecule has 1 amide bonds. The van der Waals surface area contributed by atoms with E-state index in [0.717, 1.165) is 5.56 Å². The molecule has 36 heavy (non-hydrogen) atoms. The van der Waals surface area contributed by atoms with Crippen molar-refractivity contribution in [1.29, 1.82) is 0 Å². The molecule has 3 heterocycles. The lowest BCUT2D eigenvalue weighted by Crippen LogP contribution is -2.15. The summed E-state index contributed by atoms with van der Waals surface area (Å²) in [6.45, 7) is 1.80. The zero-order chi connectivity index (χ0) is 25.4. The Kier molecular flexibility index (Phi) is 6.13. The molecule has 186 valence electrons. The number of rotatable bonds is 6. The van der Waals surface area contributed by atoms with Gasteiger partial charge in [-0.05, 0) is 43.7 Å². The second kappa shape index (κ2) is 9.27. The van der Waals surface area contributed by atoms with Crippen molar-refractivity contribution in [3.63, 3.8) is 0 Å². The summed E-state index contributed by atoms with van der Waals surface area (Å²) in [7, 11) is 0.00488. The van der Waals surface area contributed by atoms with Crippen LogP contribution in [0.2, 0.25) is 0 Å². The quantitative estimate of drug-likeness (QED) is 0.420. The molecule has 9 nitrogen and oxygen atoms in total. The summed E-state index contributed by atoms with van der Waals surface area (Å²) in [5.74, 6) is 1.05. The molecule has 5 rings (SSSR count). The van der Waals surface area contributed by atoms with Gasteiger partial charge in [-0.25, -0.2) is 18.1 Å². The number of anilines is 1. The predicted molar refractivity (Wildman–Crippen MR) is 138 cm³/mol. The van der Waals surface area contributed by atoms with Crippen LogP contribution < -0.4 is 14.8 Å². The summed E-state index contributed by atoms with van der Waals surface area (Å²) in [5.41, 5.74) is 3.38. The molecular weight excluding hydrogens is 480 g/mol. The van der Waals surface area contributed by atoms with Gasteiger partial charge >= 0.3 is 0 Å². The maximum absolute atomic E-state index is 13.6. The topological polar surface area (TPSA) is 112 Å². The zero-order valence-electron chi connectivity index (χ0n) is 20.2. The number of carbonyl (C=O) groups is 1. The van der Waals surface area contributed by atoms with Crippen LogP contribution in [0, 0.1) is 6.92 Å². The van der Waals surface area contributed by atoms with Crippen molar-refractivity contribution < 1.29 is 22.7 Å². The summed E-state index contributed by atoms with van der Waals surface area (Å²) in [5, 5.41) is 8.18. The number of aromatic nitrogens is 3. The molecule has 1 aliphatic heterocycles. The fraction of sp³-hybridized carbons (Fsp3) is 0.269. The van der Waals surface area contributed by atoms with Gasteiger partial charge in [-0.15, -0.1) is 0 Å². The van der Waals surface area contributed by atoms with Gasteiger partial charge in [0.1, 0.15) is 11.5 Å². The maximum atomic E-state index is 13.6. The highest BCUT2D eigenvalue weighted by Crippen LogP contribution is 2.33. The highest BCUT2D eigenvalue weighted by molar-refractivity contribution is 7.91. The summed E-state index contributed by atoms with van der Waals surface area (Å²) in [6.07, 6.45) is 0.453. The van der Waals surface area contributed by atoms with Gasteiger partial charge in [0.2, 0.25) is 0 Å². The summed E-state index contributed by atoms with van der Waals surface area (Å²) in [6, 6.07) is 15.9. The molecule has 1 unspecified atom stereocenters. The molecule has 0 radical (unpaired) electrons. The zero-order valence-corrected chi connectivity index (χ0v) is 21.0. The van der Waals surface area contributed by atoms with Gasteiger partial charge in [0.25, 0.3) is 5.91 Å². The number of amides is 1. The third-order valence-electron chi connectivity index (χ3n) is 6.33. The standard InChI is InChI=1S/C26H26N4O5S/c1-16-24-22(26(31)27-18-7-5-9-21(13-18)35-3)14-23(17-6-4-8-20(12-17)34-2)28-25(24)30(29-16)19-10-11-36(32,33)15-19/h4-9,12-14,19H,10-11,15H2,1-3H3,(H,27,31). The Morgan fingerprint density at radius 3 is 2.47 bits per heavy atom. The molecule has 1 fully saturated rings. The van der Waals surface area contributed by atoms with E-state index in [0.29, 0.717) is 51.6 Å². The molecule has 4 aromatic rings. The third kappa shape index (κ3) is 4.51. The van der Waals surface area contributed by atoms with E-state index in [4.69, 9.17) is 14.5 Å². The number of pyridine rings is 1. The number of ether oxygens (including phenoxy) is 2. The lowest BCUT2D eigenvalue weighted by molar-refractivity contribution is 0.102. The van der Waals surface area contributed by atoms with Crippen LogP contribution in [0.1, 0.15) is 28.5 Å². The predicted octanol–water partition coefficient (Wildman–Crippen LogP) is 4.04. The molecule has 1 N–H and O–H groups in total. The monoisotopic (exact) mass is 506 g/mol. The number of nitrogens with one attached hydrogen (secondary N) is 1. The lowest BCUT2D eigenvalue weighted by atomic mass is 10.0. The summed E-state index contributed by atoms with van der Waals surface area (Å²) in [4.78, 5) is 18.4. The van der Waals surface area contributed by atoms with E-state index in [2.05, 4.69) is 10.4 Å². The van der Waals surface area contributed by atoms with Crippen LogP contribution in [-0.2, 0) is 9.84 Å². The maximum Gasteiger partial charge on any atom is 0.256 e. The Morgan fingerprint density at radius 2 is 1.78 bits per heavy atom. The summed E-state index contributed by atoms with van der Waals surface area (Å²) >= 11 is 0. The number of sulfone groups is 1. The minimum absolute atomic E-state index is 0.000370. The van der Waals surface area contributed by atoms with Crippen LogP contribution in [0.4, 0.5) is 5.69 Å². The summed E-state index contributed by atoms with van der Waals surface area (Å²) < 4.78 is 36.7. The molecule has 0 bridgehead atoms. The second-order valence-electron chi connectivity index (χ2n) is 8.76. The fourth-order valence-electron chi connectivity index (χ4n) is 4.54. The SMILES string of the molecule is COc1cccc(NC(=O)c2cc(-c3cccc(OC)c3)nc3c2c(C)nn3C2CCS(=O)(=O)C2)c1. The molecular formula is C26H26N4O5S. The molecule has 1 saturated heterocycles. The van der Waals surface area contributed by atoms with Crippen molar-refractivity contribution in [2.75, 3.05) is 31.0 Å². The first-order valence-electron chi connectivity index (χ1n) is 11.5. The average Bonchev–Trinajstić information content (AvgIpc) is 3.42. The fourth-order valence-corrected chi connectivity index (χ4v) is 6.24. The van der Waals surface area contributed by atoms with Crippen LogP contribution >= 0.6 is 0 Å². The van der Waals surface area contributed by atoms with E-state index < -0.39 is 9.84 Å². The van der Waals surface area contributed by atoms with Crippen molar-refractivity contribution in [2.45, 2.75) is 19.4 Å². The highest BCUT2D eigenvalue weighted by atomic mass is 32.2. The van der Waals surface area contributed by atoms with E-state index in [1.165, 1.54) is 0 Å². The first kappa shape index (κ1) is 23.8. The number of hydrogen-bond donors (Lipinski definition) is 1. The molecule has 0 spiro atoms. The van der Waals surface area contributed by atoms with Gasteiger partial charge in [0.05, 0.1) is 54.1 Å². The van der Waals surface area contributed by atoms with Crippen LogP contribution in [0.5, 0.6) is 11.5 Å². The smallest absolute Gasteiger partial charge is 0.256 e. The van der Waals surface area contributed by atoms with Crippen LogP contribution in [0.3, 0.4) is 0 Å². The first-order valence-corrected chi connectivity index (χ1v) is 13.3. The molecule has 0 saturated carbocycles. The Morgan fingerprint density at radius 1 is 1.06 bits per heavy atom. The third-order valence-corrected chi connectivity index (χ3v) is 8.08. The Balaban J connectivity index is 1.67. The van der Waals surface area contributed by atoms with Gasteiger partial charge in [0.15, 0.2) is 15.5 Å². The molecule has 2 aromatic heterocycles. The molecule has 1 atom stereocenters. The number of hydrogen-bond acceptors (Lipinski definition) is 7. The van der Waals surface area contributed by atoms with Crippen molar-refractivity contribution in [1.82, 2.24) is 14.8 Å². The minimum Gasteiger partial charge on any atom is -0.497 e. The van der Waals surface area contributed by atoms with E-state index in [-0.39, 0.29) is 23.5 Å². The minimum atomic E-state index is -3.14. The Labute approximate surface area is 209 Å². The van der Waals surface area contributed by atoms with Crippen LogP contribution in [-0.4, -0.2) is 54.8 Å². The number of benzene rings is 2. The molecule has 10 heteroatoms. The highest BCUT2D eigenvalue weighted by Gasteiger charge is 2.32. The molecule has 0 aliphatic carbocycles. The van der Waals surface area contributed by atoms with Crippen molar-refractivity contribution in [3.8, 4) is 22.8 Å². The average molecular weight is 507 g/mol. The van der Waals surface area contributed by atoms with E-state index in [1.807, 2.05) is 24.3 Å². The Hall–Kier alpha value is -3.92. The van der Waals surface area contributed by atoms with Crippen LogP contribution in [0.25, 0.3) is 22.3 Å². The largest absolute Gasteiger partial charge is 0.497 e. The second-order valence-corrected chi connectivity index (χ2v) is 11.0.